The molecule has 5 heteroatoms. The quantitative estimate of drug-likeness (QED) is 0.895. The van der Waals surface area contributed by atoms with Crippen molar-refractivity contribution in [3.63, 3.8) is 0 Å². The monoisotopic (exact) mass is 244 g/mol. The molecule has 2 aromatic heterocycles. The average molecular weight is 244 g/mol. The summed E-state index contributed by atoms with van der Waals surface area (Å²) in [4.78, 5) is 12.7. The largest absolute Gasteiger partial charge is 0.437 e. The zero-order valence-electron chi connectivity index (χ0n) is 10.8. The number of pyridine rings is 1. The van der Waals surface area contributed by atoms with Crippen LogP contribution in [-0.4, -0.2) is 22.0 Å². The Bertz CT molecular complexity index is 542. The summed E-state index contributed by atoms with van der Waals surface area (Å²) in [7, 11) is 1.77. The van der Waals surface area contributed by atoms with E-state index in [1.807, 2.05) is 26.0 Å². The highest BCUT2D eigenvalue weighted by Gasteiger charge is 2.06. The van der Waals surface area contributed by atoms with Crippen molar-refractivity contribution in [3.05, 3.63) is 35.8 Å². The molecule has 0 unspecified atom stereocenters. The van der Waals surface area contributed by atoms with E-state index in [1.165, 1.54) is 0 Å². The SMILES string of the molecule is CCc1nc(C)ccc1Oc1ccnc(NC)n1. The lowest BCUT2D eigenvalue weighted by Crippen LogP contribution is -1.99. The Balaban J connectivity index is 2.27. The van der Waals surface area contributed by atoms with Gasteiger partial charge in [0.2, 0.25) is 11.8 Å². The van der Waals surface area contributed by atoms with Gasteiger partial charge >= 0.3 is 0 Å². The molecule has 94 valence electrons. The normalized spacial score (nSPS) is 10.2. The summed E-state index contributed by atoms with van der Waals surface area (Å²) in [6.07, 6.45) is 2.47. The van der Waals surface area contributed by atoms with Gasteiger partial charge in [-0.2, -0.15) is 4.98 Å². The second-order valence-electron chi connectivity index (χ2n) is 3.82. The number of hydrogen-bond donors (Lipinski definition) is 1. The molecule has 0 bridgehead atoms. The van der Waals surface area contributed by atoms with Gasteiger partial charge < -0.3 is 10.1 Å². The number of ether oxygens (including phenoxy) is 1. The molecule has 1 N–H and O–H groups in total. The maximum absolute atomic E-state index is 5.74. The van der Waals surface area contributed by atoms with Crippen LogP contribution in [0.4, 0.5) is 5.95 Å². The lowest BCUT2D eigenvalue weighted by Gasteiger charge is -2.09. The van der Waals surface area contributed by atoms with E-state index in [0.29, 0.717) is 11.8 Å². The van der Waals surface area contributed by atoms with E-state index in [-0.39, 0.29) is 0 Å². The van der Waals surface area contributed by atoms with Crippen LogP contribution in [0.25, 0.3) is 0 Å². The van der Waals surface area contributed by atoms with Crippen molar-refractivity contribution in [2.45, 2.75) is 20.3 Å². The van der Waals surface area contributed by atoms with Gasteiger partial charge in [0.15, 0.2) is 5.75 Å². The van der Waals surface area contributed by atoms with Crippen molar-refractivity contribution in [3.8, 4) is 11.6 Å². The molecule has 2 heterocycles. The van der Waals surface area contributed by atoms with E-state index < -0.39 is 0 Å². The molecule has 0 radical (unpaired) electrons. The van der Waals surface area contributed by atoms with Crippen LogP contribution in [-0.2, 0) is 6.42 Å². The maximum Gasteiger partial charge on any atom is 0.225 e. The Morgan fingerprint density at radius 1 is 1.22 bits per heavy atom. The summed E-state index contributed by atoms with van der Waals surface area (Å²) in [6, 6.07) is 5.57. The van der Waals surface area contributed by atoms with Gasteiger partial charge in [0, 0.05) is 25.0 Å². The third kappa shape index (κ3) is 2.74. The predicted octanol–water partition coefficient (Wildman–Crippen LogP) is 2.58. The molecule has 0 spiro atoms. The summed E-state index contributed by atoms with van der Waals surface area (Å²) in [5, 5.41) is 2.87. The molecule has 0 saturated carbocycles. The van der Waals surface area contributed by atoms with Crippen LogP contribution in [0, 0.1) is 6.92 Å². The molecule has 5 nitrogen and oxygen atoms in total. The average Bonchev–Trinajstić information content (AvgIpc) is 2.41. The van der Waals surface area contributed by atoms with Crippen LogP contribution >= 0.6 is 0 Å². The number of rotatable bonds is 4. The second-order valence-corrected chi connectivity index (χ2v) is 3.82. The van der Waals surface area contributed by atoms with Crippen LogP contribution in [0.1, 0.15) is 18.3 Å². The van der Waals surface area contributed by atoms with E-state index in [0.717, 1.165) is 23.6 Å². The molecule has 0 fully saturated rings. The first-order valence-corrected chi connectivity index (χ1v) is 5.88. The lowest BCUT2D eigenvalue weighted by molar-refractivity contribution is 0.453. The van der Waals surface area contributed by atoms with Crippen molar-refractivity contribution < 1.29 is 4.74 Å². The van der Waals surface area contributed by atoms with Crippen molar-refractivity contribution in [1.29, 1.82) is 0 Å². The highest BCUT2D eigenvalue weighted by molar-refractivity contribution is 5.34. The van der Waals surface area contributed by atoms with Gasteiger partial charge in [-0.15, -0.1) is 0 Å². The fourth-order valence-electron chi connectivity index (χ4n) is 1.58. The Labute approximate surface area is 106 Å². The van der Waals surface area contributed by atoms with Crippen molar-refractivity contribution in [2.75, 3.05) is 12.4 Å². The summed E-state index contributed by atoms with van der Waals surface area (Å²) < 4.78 is 5.74. The van der Waals surface area contributed by atoms with Crippen molar-refractivity contribution >= 4 is 5.95 Å². The molecular formula is C13H16N4O. The molecule has 0 aliphatic rings. The van der Waals surface area contributed by atoms with Gasteiger partial charge in [-0.3, -0.25) is 4.98 Å². The van der Waals surface area contributed by atoms with Crippen molar-refractivity contribution in [2.24, 2.45) is 0 Å². The first-order chi connectivity index (χ1) is 8.72. The number of aromatic nitrogens is 3. The van der Waals surface area contributed by atoms with Gasteiger partial charge in [-0.1, -0.05) is 6.92 Å². The fourth-order valence-corrected chi connectivity index (χ4v) is 1.58. The molecule has 0 atom stereocenters. The van der Waals surface area contributed by atoms with E-state index in [1.54, 1.807) is 19.3 Å². The summed E-state index contributed by atoms with van der Waals surface area (Å²) in [5.74, 6) is 1.78. The third-order valence-corrected chi connectivity index (χ3v) is 2.47. The standard InChI is InChI=1S/C13H16N4O/c1-4-10-11(6-5-9(2)16-10)18-12-7-8-15-13(14-3)17-12/h5-8H,4H2,1-3H3,(H,14,15,17). The van der Waals surface area contributed by atoms with Gasteiger partial charge in [0.1, 0.15) is 0 Å². The number of hydrogen-bond acceptors (Lipinski definition) is 5. The number of anilines is 1. The molecule has 0 amide bonds. The summed E-state index contributed by atoms with van der Waals surface area (Å²) in [5.41, 5.74) is 1.91. The Morgan fingerprint density at radius 2 is 2.06 bits per heavy atom. The highest BCUT2D eigenvalue weighted by atomic mass is 16.5. The number of aryl methyl sites for hydroxylation is 2. The minimum Gasteiger partial charge on any atom is -0.437 e. The highest BCUT2D eigenvalue weighted by Crippen LogP contribution is 2.23. The van der Waals surface area contributed by atoms with Crippen LogP contribution in [0.15, 0.2) is 24.4 Å². The van der Waals surface area contributed by atoms with Gasteiger partial charge in [0.05, 0.1) is 5.69 Å². The van der Waals surface area contributed by atoms with Crippen LogP contribution in [0.3, 0.4) is 0 Å². The number of nitrogens with zero attached hydrogens (tertiary/aromatic N) is 3. The topological polar surface area (TPSA) is 59.9 Å². The van der Waals surface area contributed by atoms with E-state index in [4.69, 9.17) is 4.74 Å². The predicted molar refractivity (Wildman–Crippen MR) is 70.0 cm³/mol. The Hall–Kier alpha value is -2.17. The van der Waals surface area contributed by atoms with Crippen LogP contribution < -0.4 is 10.1 Å². The molecule has 0 aliphatic carbocycles. The molecule has 0 aromatic carbocycles. The fraction of sp³-hybridized carbons (Fsp3) is 0.308. The van der Waals surface area contributed by atoms with E-state index >= 15 is 0 Å². The maximum atomic E-state index is 5.74. The first kappa shape index (κ1) is 12.3. The zero-order chi connectivity index (χ0) is 13.0. The van der Waals surface area contributed by atoms with Gasteiger partial charge in [-0.25, -0.2) is 4.98 Å². The molecule has 0 aliphatic heterocycles. The summed E-state index contributed by atoms with van der Waals surface area (Å²) >= 11 is 0. The first-order valence-electron chi connectivity index (χ1n) is 5.88. The Kier molecular flexibility index (Phi) is 3.72. The molecule has 18 heavy (non-hydrogen) atoms. The van der Waals surface area contributed by atoms with Gasteiger partial charge in [-0.05, 0) is 25.5 Å². The molecular weight excluding hydrogens is 228 g/mol. The minimum atomic E-state index is 0.509. The molecule has 2 rings (SSSR count). The number of nitrogens with one attached hydrogen (secondary N) is 1. The Morgan fingerprint density at radius 3 is 2.78 bits per heavy atom. The van der Waals surface area contributed by atoms with Crippen molar-refractivity contribution in [1.82, 2.24) is 15.0 Å². The molecule has 2 aromatic rings. The van der Waals surface area contributed by atoms with E-state index in [9.17, 15) is 0 Å². The van der Waals surface area contributed by atoms with Crippen LogP contribution in [0.2, 0.25) is 0 Å². The zero-order valence-corrected chi connectivity index (χ0v) is 10.8. The van der Waals surface area contributed by atoms with Crippen LogP contribution in [0.5, 0.6) is 11.6 Å². The summed E-state index contributed by atoms with van der Waals surface area (Å²) in [6.45, 7) is 4.01. The van der Waals surface area contributed by atoms with Gasteiger partial charge in [0.25, 0.3) is 0 Å². The second kappa shape index (κ2) is 5.44. The minimum absolute atomic E-state index is 0.509. The van der Waals surface area contributed by atoms with E-state index in [2.05, 4.69) is 20.3 Å². The third-order valence-electron chi connectivity index (χ3n) is 2.47. The lowest BCUT2D eigenvalue weighted by atomic mass is 10.2. The smallest absolute Gasteiger partial charge is 0.225 e. The molecule has 0 saturated heterocycles.